The second kappa shape index (κ2) is 9.43. The average molecular weight is 457 g/mol. The van der Waals surface area contributed by atoms with E-state index in [-0.39, 0.29) is 34.4 Å². The van der Waals surface area contributed by atoms with Gasteiger partial charge in [-0.25, -0.2) is 13.8 Å². The number of hydrogen-bond donors (Lipinski definition) is 1. The van der Waals surface area contributed by atoms with Gasteiger partial charge in [-0.2, -0.15) is 4.98 Å². The van der Waals surface area contributed by atoms with Crippen molar-refractivity contribution in [1.82, 2.24) is 14.9 Å². The lowest BCUT2D eigenvalue weighted by molar-refractivity contribution is -0.131. The molecule has 1 aromatic heterocycles. The normalized spacial score (nSPS) is 13.9. The highest BCUT2D eigenvalue weighted by Gasteiger charge is 2.25. The van der Waals surface area contributed by atoms with Crippen LogP contribution in [-0.2, 0) is 11.2 Å². The van der Waals surface area contributed by atoms with Crippen molar-refractivity contribution in [3.8, 4) is 11.5 Å². The van der Waals surface area contributed by atoms with Gasteiger partial charge in [0.25, 0.3) is 0 Å². The number of carbonyl (C=O) groups excluding carboxylic acids is 1. The topological polar surface area (TPSA) is 93.8 Å². The Morgan fingerprint density at radius 3 is 2.39 bits per heavy atom. The molecule has 1 saturated heterocycles. The van der Waals surface area contributed by atoms with Crippen LogP contribution in [0, 0.1) is 11.6 Å². The summed E-state index contributed by atoms with van der Waals surface area (Å²) in [5.41, 5.74) is 7.29. The van der Waals surface area contributed by atoms with Crippen LogP contribution in [-0.4, -0.2) is 61.2 Å². The number of amides is 1. The van der Waals surface area contributed by atoms with Gasteiger partial charge in [0.1, 0.15) is 11.6 Å². The maximum absolute atomic E-state index is 14.9. The molecule has 1 aliphatic heterocycles. The smallest absolute Gasteiger partial charge is 0.228 e. The van der Waals surface area contributed by atoms with Crippen LogP contribution in [0.5, 0.6) is 11.5 Å². The van der Waals surface area contributed by atoms with Crippen LogP contribution in [0.15, 0.2) is 30.3 Å². The fourth-order valence-corrected chi connectivity index (χ4v) is 3.92. The van der Waals surface area contributed by atoms with Gasteiger partial charge in [-0.05, 0) is 24.1 Å². The molecule has 2 N–H and O–H groups in total. The van der Waals surface area contributed by atoms with Gasteiger partial charge in [0.15, 0.2) is 17.3 Å². The number of piperazine rings is 1. The first-order chi connectivity index (χ1) is 15.9. The van der Waals surface area contributed by atoms with Crippen molar-refractivity contribution in [2.45, 2.75) is 12.8 Å². The summed E-state index contributed by atoms with van der Waals surface area (Å²) in [5.74, 6) is -0.400. The van der Waals surface area contributed by atoms with Crippen molar-refractivity contribution in [3.63, 3.8) is 0 Å². The van der Waals surface area contributed by atoms with Crippen LogP contribution in [0.3, 0.4) is 0 Å². The van der Waals surface area contributed by atoms with E-state index >= 15 is 0 Å². The highest BCUT2D eigenvalue weighted by Crippen LogP contribution is 2.37. The van der Waals surface area contributed by atoms with E-state index in [1.54, 1.807) is 23.1 Å². The number of nitrogens with zero attached hydrogens (tertiary/aromatic N) is 4. The maximum atomic E-state index is 14.9. The fourth-order valence-electron chi connectivity index (χ4n) is 3.92. The maximum Gasteiger partial charge on any atom is 0.228 e. The third-order valence-corrected chi connectivity index (χ3v) is 5.74. The number of fused-ring (bicyclic) bond motifs is 1. The zero-order valence-electron chi connectivity index (χ0n) is 18.5. The lowest BCUT2D eigenvalue weighted by Gasteiger charge is -2.35. The Morgan fingerprint density at radius 2 is 1.76 bits per heavy atom. The lowest BCUT2D eigenvalue weighted by atomic mass is 10.1. The molecule has 1 aliphatic rings. The van der Waals surface area contributed by atoms with E-state index in [0.717, 1.165) is 5.56 Å². The van der Waals surface area contributed by atoms with Crippen LogP contribution in [0.2, 0.25) is 0 Å². The van der Waals surface area contributed by atoms with E-state index in [0.29, 0.717) is 50.5 Å². The van der Waals surface area contributed by atoms with Crippen molar-refractivity contribution in [2.24, 2.45) is 0 Å². The summed E-state index contributed by atoms with van der Waals surface area (Å²) in [6, 6.07) is 7.73. The highest BCUT2D eigenvalue weighted by atomic mass is 19.1. The highest BCUT2D eigenvalue weighted by molar-refractivity contribution is 5.92. The third kappa shape index (κ3) is 4.59. The molecule has 3 aromatic rings. The summed E-state index contributed by atoms with van der Waals surface area (Å²) < 4.78 is 38.2. The molecule has 0 radical (unpaired) electrons. The predicted molar refractivity (Wildman–Crippen MR) is 121 cm³/mol. The second-order valence-corrected chi connectivity index (χ2v) is 7.72. The fraction of sp³-hybridized carbons (Fsp3) is 0.348. The van der Waals surface area contributed by atoms with Crippen LogP contribution in [0.1, 0.15) is 12.0 Å². The first-order valence-corrected chi connectivity index (χ1v) is 10.6. The number of halogens is 2. The number of anilines is 2. The molecule has 0 spiro atoms. The third-order valence-electron chi connectivity index (χ3n) is 5.74. The molecule has 0 aliphatic carbocycles. The Bertz CT molecular complexity index is 1170. The average Bonchev–Trinajstić information content (AvgIpc) is 2.83. The minimum atomic E-state index is -0.674. The van der Waals surface area contributed by atoms with Gasteiger partial charge < -0.3 is 25.0 Å². The van der Waals surface area contributed by atoms with Crippen molar-refractivity contribution in [2.75, 3.05) is 51.0 Å². The number of aromatic nitrogens is 2. The van der Waals surface area contributed by atoms with E-state index in [2.05, 4.69) is 9.97 Å². The molecule has 1 fully saturated rings. The standard InChI is InChI=1S/C23H25F2N5O3/c1-32-17-13-16-19(20(25)21(17)33-2)22(26)28-23(27-16)30-11-9-29(10-12-30)18(31)8-5-14-3-6-15(24)7-4-14/h3-4,6-7,13H,5,8-12H2,1-2H3,(H2,26,27,28). The molecule has 1 amide bonds. The molecule has 4 rings (SSSR count). The second-order valence-electron chi connectivity index (χ2n) is 7.72. The molecule has 8 nitrogen and oxygen atoms in total. The Morgan fingerprint density at radius 1 is 1.06 bits per heavy atom. The molecule has 0 saturated carbocycles. The molecule has 2 aromatic carbocycles. The summed E-state index contributed by atoms with van der Waals surface area (Å²) in [6.07, 6.45) is 0.909. The number of benzene rings is 2. The molecule has 174 valence electrons. The number of nitrogen functional groups attached to an aromatic ring is 1. The molecule has 0 unspecified atom stereocenters. The van der Waals surface area contributed by atoms with Crippen molar-refractivity contribution in [3.05, 3.63) is 47.5 Å². The number of aryl methyl sites for hydroxylation is 1. The van der Waals surface area contributed by atoms with Crippen LogP contribution in [0.25, 0.3) is 10.9 Å². The first kappa shape index (κ1) is 22.5. The number of rotatable bonds is 6. The van der Waals surface area contributed by atoms with Crippen molar-refractivity contribution >= 4 is 28.6 Å². The van der Waals surface area contributed by atoms with E-state index in [1.165, 1.54) is 26.4 Å². The molecular formula is C23H25F2N5O3. The number of hydrogen-bond acceptors (Lipinski definition) is 7. The van der Waals surface area contributed by atoms with Crippen molar-refractivity contribution in [1.29, 1.82) is 0 Å². The Labute approximate surface area is 189 Å². The first-order valence-electron chi connectivity index (χ1n) is 10.6. The molecule has 0 atom stereocenters. The minimum Gasteiger partial charge on any atom is -0.493 e. The zero-order valence-corrected chi connectivity index (χ0v) is 18.5. The van der Waals surface area contributed by atoms with Gasteiger partial charge in [0.05, 0.1) is 25.1 Å². The summed E-state index contributed by atoms with van der Waals surface area (Å²) >= 11 is 0. The Balaban J connectivity index is 1.44. The molecule has 2 heterocycles. The van der Waals surface area contributed by atoms with Gasteiger partial charge in [0, 0.05) is 38.7 Å². The van der Waals surface area contributed by atoms with Crippen molar-refractivity contribution < 1.29 is 23.0 Å². The molecule has 10 heteroatoms. The predicted octanol–water partition coefficient (Wildman–Crippen LogP) is 2.79. The number of nitrogens with two attached hydrogens (primary N) is 1. The van der Waals surface area contributed by atoms with Gasteiger partial charge in [-0.1, -0.05) is 12.1 Å². The minimum absolute atomic E-state index is 0.00579. The lowest BCUT2D eigenvalue weighted by Crippen LogP contribution is -2.49. The summed E-state index contributed by atoms with van der Waals surface area (Å²) in [7, 11) is 2.76. The monoisotopic (exact) mass is 457 g/mol. The van der Waals surface area contributed by atoms with Gasteiger partial charge >= 0.3 is 0 Å². The van der Waals surface area contributed by atoms with Crippen LogP contribution < -0.4 is 20.1 Å². The number of methoxy groups -OCH3 is 2. The Kier molecular flexibility index (Phi) is 6.43. The zero-order chi connectivity index (χ0) is 23.5. The summed E-state index contributed by atoms with van der Waals surface area (Å²) in [4.78, 5) is 25.1. The summed E-state index contributed by atoms with van der Waals surface area (Å²) in [6.45, 7) is 2.04. The number of carbonyl (C=O) groups is 1. The Hall–Kier alpha value is -3.69. The number of ether oxygens (including phenoxy) is 2. The van der Waals surface area contributed by atoms with E-state index in [9.17, 15) is 13.6 Å². The van der Waals surface area contributed by atoms with Crippen LogP contribution in [0.4, 0.5) is 20.5 Å². The quantitative estimate of drug-likeness (QED) is 0.608. The van der Waals surface area contributed by atoms with E-state index in [4.69, 9.17) is 15.2 Å². The van der Waals surface area contributed by atoms with E-state index < -0.39 is 5.82 Å². The SMILES string of the molecule is COc1cc2nc(N3CCN(C(=O)CCc4ccc(F)cc4)CC3)nc(N)c2c(F)c1OC. The largest absolute Gasteiger partial charge is 0.493 e. The molecule has 33 heavy (non-hydrogen) atoms. The molecular weight excluding hydrogens is 432 g/mol. The van der Waals surface area contributed by atoms with Gasteiger partial charge in [-0.3, -0.25) is 4.79 Å². The van der Waals surface area contributed by atoms with Crippen LogP contribution >= 0.6 is 0 Å². The van der Waals surface area contributed by atoms with Gasteiger partial charge in [-0.15, -0.1) is 0 Å². The van der Waals surface area contributed by atoms with Gasteiger partial charge in [0.2, 0.25) is 11.9 Å². The molecule has 0 bridgehead atoms. The summed E-state index contributed by atoms with van der Waals surface area (Å²) in [5, 5.41) is 0.0750. The van der Waals surface area contributed by atoms with E-state index in [1.807, 2.05) is 4.90 Å².